The van der Waals surface area contributed by atoms with E-state index < -0.39 is 10.9 Å². The Morgan fingerprint density at radius 2 is 1.68 bits per heavy atom. The summed E-state index contributed by atoms with van der Waals surface area (Å²) in [5, 5.41) is 11.1. The third-order valence-electron chi connectivity index (χ3n) is 5.36. The molecule has 0 amide bonds. The lowest BCUT2D eigenvalue weighted by atomic mass is 10.1. The number of hydrogen-bond acceptors (Lipinski definition) is 9. The average molecular weight is 503 g/mol. The number of fused-ring (bicyclic) bond motifs is 1. The largest absolute Gasteiger partial charge is 0.493 e. The van der Waals surface area contributed by atoms with Crippen LogP contribution in [0.5, 0.6) is 23.0 Å². The Morgan fingerprint density at radius 1 is 0.946 bits per heavy atom. The third-order valence-corrected chi connectivity index (χ3v) is 5.36. The topological polar surface area (TPSA) is 127 Å². The van der Waals surface area contributed by atoms with Crippen molar-refractivity contribution < 1.29 is 33.1 Å². The smallest absolute Gasteiger partial charge is 0.336 e. The SMILES string of the molecule is COc1cc(-c2cc(=O)c3cc(OC(=O)C=Cc4cccc([N+](=O)[O-])c4)ccc3o2)cc(OC)c1OC. The van der Waals surface area contributed by atoms with Crippen molar-refractivity contribution in [3.63, 3.8) is 0 Å². The average Bonchev–Trinajstić information content (AvgIpc) is 2.91. The molecule has 0 N–H and O–H groups in total. The highest BCUT2D eigenvalue weighted by Gasteiger charge is 2.17. The zero-order valence-electron chi connectivity index (χ0n) is 20.0. The number of esters is 1. The van der Waals surface area contributed by atoms with Crippen LogP contribution >= 0.6 is 0 Å². The molecule has 37 heavy (non-hydrogen) atoms. The van der Waals surface area contributed by atoms with Gasteiger partial charge in [-0.3, -0.25) is 14.9 Å². The van der Waals surface area contributed by atoms with Gasteiger partial charge in [-0.15, -0.1) is 0 Å². The maximum absolute atomic E-state index is 12.9. The van der Waals surface area contributed by atoms with E-state index in [1.165, 1.54) is 69.9 Å². The van der Waals surface area contributed by atoms with Crippen molar-refractivity contribution in [2.45, 2.75) is 0 Å². The fraction of sp³-hybridized carbons (Fsp3) is 0.111. The van der Waals surface area contributed by atoms with Crippen molar-refractivity contribution in [2.24, 2.45) is 0 Å². The molecule has 0 saturated heterocycles. The number of hydrogen-bond donors (Lipinski definition) is 0. The van der Waals surface area contributed by atoms with Crippen molar-refractivity contribution in [1.29, 1.82) is 0 Å². The molecule has 0 spiro atoms. The van der Waals surface area contributed by atoms with Crippen LogP contribution in [0.25, 0.3) is 28.4 Å². The number of methoxy groups -OCH3 is 3. The van der Waals surface area contributed by atoms with Gasteiger partial charge in [0.1, 0.15) is 17.1 Å². The van der Waals surface area contributed by atoms with Gasteiger partial charge < -0.3 is 23.4 Å². The Bertz CT molecular complexity index is 1560. The monoisotopic (exact) mass is 503 g/mol. The van der Waals surface area contributed by atoms with E-state index in [1.54, 1.807) is 18.2 Å². The minimum absolute atomic E-state index is 0.0948. The van der Waals surface area contributed by atoms with Gasteiger partial charge in [-0.2, -0.15) is 0 Å². The molecule has 188 valence electrons. The van der Waals surface area contributed by atoms with E-state index in [-0.39, 0.29) is 33.6 Å². The molecular formula is C27H21NO9. The summed E-state index contributed by atoms with van der Waals surface area (Å²) in [5.74, 6) is 0.905. The molecule has 1 aromatic heterocycles. The van der Waals surface area contributed by atoms with Crippen LogP contribution < -0.4 is 24.4 Å². The molecule has 0 fully saturated rings. The summed E-state index contributed by atoms with van der Waals surface area (Å²) in [6.07, 6.45) is 2.54. The van der Waals surface area contributed by atoms with Crippen LogP contribution in [0, 0.1) is 10.1 Å². The Morgan fingerprint density at radius 3 is 2.32 bits per heavy atom. The van der Waals surface area contributed by atoms with Crippen molar-refractivity contribution in [2.75, 3.05) is 21.3 Å². The molecule has 0 aliphatic heterocycles. The lowest BCUT2D eigenvalue weighted by molar-refractivity contribution is -0.384. The summed E-state index contributed by atoms with van der Waals surface area (Å²) >= 11 is 0. The van der Waals surface area contributed by atoms with Gasteiger partial charge in [0.25, 0.3) is 5.69 Å². The van der Waals surface area contributed by atoms with E-state index in [4.69, 9.17) is 23.4 Å². The maximum atomic E-state index is 12.9. The Kier molecular flexibility index (Phi) is 7.19. The highest BCUT2D eigenvalue weighted by molar-refractivity contribution is 5.89. The first-order valence-electron chi connectivity index (χ1n) is 10.9. The van der Waals surface area contributed by atoms with Crippen molar-refractivity contribution in [3.05, 3.63) is 92.6 Å². The Hall–Kier alpha value is -5.12. The molecule has 0 saturated carbocycles. The minimum atomic E-state index is -0.718. The number of nitro benzene ring substituents is 1. The van der Waals surface area contributed by atoms with Crippen LogP contribution in [0.4, 0.5) is 5.69 Å². The summed E-state index contributed by atoms with van der Waals surface area (Å²) in [4.78, 5) is 35.5. The van der Waals surface area contributed by atoms with Gasteiger partial charge in [0.05, 0.1) is 31.6 Å². The second-order valence-corrected chi connectivity index (χ2v) is 7.65. The van der Waals surface area contributed by atoms with Gasteiger partial charge in [-0.1, -0.05) is 12.1 Å². The fourth-order valence-corrected chi connectivity index (χ4v) is 3.62. The molecule has 4 rings (SSSR count). The fourth-order valence-electron chi connectivity index (χ4n) is 3.62. The molecule has 4 aromatic rings. The highest BCUT2D eigenvalue weighted by atomic mass is 16.6. The number of carbonyl (C=O) groups is 1. The number of carbonyl (C=O) groups excluding carboxylic acids is 1. The molecular weight excluding hydrogens is 482 g/mol. The number of non-ortho nitro benzene ring substituents is 1. The number of nitrogens with zero attached hydrogens (tertiary/aromatic N) is 1. The van der Waals surface area contributed by atoms with Gasteiger partial charge in [0, 0.05) is 29.8 Å². The normalized spacial score (nSPS) is 10.9. The molecule has 0 unspecified atom stereocenters. The first-order chi connectivity index (χ1) is 17.8. The third kappa shape index (κ3) is 5.43. The number of ether oxygens (including phenoxy) is 4. The first kappa shape index (κ1) is 25.0. The highest BCUT2D eigenvalue weighted by Crippen LogP contribution is 2.41. The maximum Gasteiger partial charge on any atom is 0.336 e. The van der Waals surface area contributed by atoms with Crippen LogP contribution in [0.2, 0.25) is 0 Å². The quantitative estimate of drug-likeness (QED) is 0.107. The van der Waals surface area contributed by atoms with Gasteiger partial charge in [-0.05, 0) is 42.0 Å². The number of rotatable bonds is 8. The molecule has 0 atom stereocenters. The van der Waals surface area contributed by atoms with Gasteiger partial charge in [-0.25, -0.2) is 4.79 Å². The second kappa shape index (κ2) is 10.6. The van der Waals surface area contributed by atoms with Crippen LogP contribution in [0.1, 0.15) is 5.56 Å². The molecule has 10 heteroatoms. The predicted octanol–water partition coefficient (Wildman–Crippen LogP) is 5.01. The Balaban J connectivity index is 1.59. The molecule has 3 aromatic carbocycles. The van der Waals surface area contributed by atoms with Crippen molar-refractivity contribution in [3.8, 4) is 34.3 Å². The van der Waals surface area contributed by atoms with E-state index in [9.17, 15) is 19.7 Å². The van der Waals surface area contributed by atoms with E-state index >= 15 is 0 Å². The summed E-state index contributed by atoms with van der Waals surface area (Å²) in [7, 11) is 4.46. The Labute approximate surface area is 210 Å². The van der Waals surface area contributed by atoms with Gasteiger partial charge in [0.15, 0.2) is 16.9 Å². The summed E-state index contributed by atoms with van der Waals surface area (Å²) in [6, 6.07) is 14.9. The van der Waals surface area contributed by atoms with E-state index in [0.717, 1.165) is 6.08 Å². The zero-order valence-corrected chi connectivity index (χ0v) is 20.0. The predicted molar refractivity (Wildman–Crippen MR) is 135 cm³/mol. The van der Waals surface area contributed by atoms with Crippen molar-refractivity contribution >= 4 is 28.7 Å². The minimum Gasteiger partial charge on any atom is -0.493 e. The van der Waals surface area contributed by atoms with Gasteiger partial charge in [0.2, 0.25) is 5.75 Å². The standard InChI is InChI=1S/C27H21NO9/c1-33-24-12-17(13-25(34-2)27(24)35-3)23-15-21(29)20-14-19(8-9-22(20)37-23)36-26(30)10-7-16-5-4-6-18(11-16)28(31)32/h4-15H,1-3H3. The molecule has 0 radical (unpaired) electrons. The molecule has 10 nitrogen and oxygen atoms in total. The molecule has 0 aliphatic carbocycles. The molecule has 0 aliphatic rings. The zero-order chi connectivity index (χ0) is 26.5. The second-order valence-electron chi connectivity index (χ2n) is 7.65. The van der Waals surface area contributed by atoms with E-state index in [2.05, 4.69) is 0 Å². The van der Waals surface area contributed by atoms with Crippen LogP contribution in [-0.4, -0.2) is 32.2 Å². The van der Waals surface area contributed by atoms with Gasteiger partial charge >= 0.3 is 5.97 Å². The van der Waals surface area contributed by atoms with Crippen LogP contribution in [0.15, 0.2) is 76.0 Å². The molecule has 0 bridgehead atoms. The van der Waals surface area contributed by atoms with E-state index in [0.29, 0.717) is 28.4 Å². The van der Waals surface area contributed by atoms with Crippen LogP contribution in [-0.2, 0) is 4.79 Å². The number of benzene rings is 3. The molecule has 1 heterocycles. The lowest BCUT2D eigenvalue weighted by Gasteiger charge is -2.14. The summed E-state index contributed by atoms with van der Waals surface area (Å²) in [5.41, 5.74) is 0.834. The van der Waals surface area contributed by atoms with Crippen molar-refractivity contribution in [1.82, 2.24) is 0 Å². The lowest BCUT2D eigenvalue weighted by Crippen LogP contribution is -2.05. The summed E-state index contributed by atoms with van der Waals surface area (Å²) < 4.78 is 27.3. The van der Waals surface area contributed by atoms with Crippen LogP contribution in [0.3, 0.4) is 0 Å². The first-order valence-corrected chi connectivity index (χ1v) is 10.9. The van der Waals surface area contributed by atoms with E-state index in [1.807, 2.05) is 0 Å². The number of nitro groups is 1. The summed E-state index contributed by atoms with van der Waals surface area (Å²) in [6.45, 7) is 0.